The highest BCUT2D eigenvalue weighted by Gasteiger charge is 2.55. The topological polar surface area (TPSA) is 114 Å². The lowest BCUT2D eigenvalue weighted by Crippen LogP contribution is -2.44. The average Bonchev–Trinajstić information content (AvgIpc) is 3.55. The lowest BCUT2D eigenvalue weighted by Gasteiger charge is -2.30. The molecule has 8 heteroatoms. The highest BCUT2D eigenvalue weighted by Crippen LogP contribution is 2.45. The first-order valence-corrected chi connectivity index (χ1v) is 14.2. The van der Waals surface area contributed by atoms with Crippen LogP contribution in [0.2, 0.25) is 0 Å². The summed E-state index contributed by atoms with van der Waals surface area (Å²) >= 11 is 0. The summed E-state index contributed by atoms with van der Waals surface area (Å²) in [4.78, 5) is 26.1. The third-order valence-electron chi connectivity index (χ3n) is 7.95. The molecule has 0 unspecified atom stereocenters. The first-order chi connectivity index (χ1) is 20.4. The predicted octanol–water partition coefficient (Wildman–Crippen LogP) is 3.89. The molecular formula is C34H33NO7. The minimum Gasteiger partial charge on any atom is -0.508 e. The van der Waals surface area contributed by atoms with Crippen molar-refractivity contribution in [2.75, 3.05) is 13.2 Å². The summed E-state index contributed by atoms with van der Waals surface area (Å²) in [6.07, 6.45) is 5.70. The zero-order chi connectivity index (χ0) is 29.1. The van der Waals surface area contributed by atoms with E-state index in [-0.39, 0.29) is 31.2 Å². The third-order valence-corrected chi connectivity index (χ3v) is 7.95. The zero-order valence-electron chi connectivity index (χ0n) is 23.1. The van der Waals surface area contributed by atoms with Crippen molar-refractivity contribution >= 4 is 18.0 Å². The van der Waals surface area contributed by atoms with Crippen LogP contribution in [0.3, 0.4) is 0 Å². The highest BCUT2D eigenvalue weighted by molar-refractivity contribution is 5.94. The Morgan fingerprint density at radius 2 is 1.69 bits per heavy atom. The molecule has 42 heavy (non-hydrogen) atoms. The number of fused-ring (bicyclic) bond motifs is 2. The number of carbonyl (C=O) groups excluding carboxylic acids is 2. The number of allylic oxidation sites excluding steroid dienone is 1. The van der Waals surface area contributed by atoms with Gasteiger partial charge in [-0.1, -0.05) is 66.7 Å². The van der Waals surface area contributed by atoms with E-state index in [1.807, 2.05) is 48.6 Å². The Morgan fingerprint density at radius 1 is 0.976 bits per heavy atom. The molecule has 0 saturated carbocycles. The van der Waals surface area contributed by atoms with E-state index in [2.05, 4.69) is 17.4 Å². The molecule has 1 aliphatic heterocycles. The fourth-order valence-electron chi connectivity index (χ4n) is 5.89. The van der Waals surface area contributed by atoms with Crippen LogP contribution in [0.1, 0.15) is 39.0 Å². The van der Waals surface area contributed by atoms with Gasteiger partial charge in [0, 0.05) is 31.4 Å². The van der Waals surface area contributed by atoms with Crippen LogP contribution in [0.25, 0.3) is 6.08 Å². The van der Waals surface area contributed by atoms with Crippen LogP contribution in [0, 0.1) is 0 Å². The first-order valence-electron chi connectivity index (χ1n) is 14.2. The molecule has 3 aromatic carbocycles. The van der Waals surface area contributed by atoms with Crippen molar-refractivity contribution < 1.29 is 34.0 Å². The molecule has 6 rings (SSSR count). The van der Waals surface area contributed by atoms with Crippen molar-refractivity contribution in [2.45, 2.75) is 49.8 Å². The van der Waals surface area contributed by atoms with Gasteiger partial charge in [0.15, 0.2) is 5.79 Å². The SMILES string of the molecule is O=C(NCCO)C1=C[C@H]2OC3(Cc4ccccc4C3)O[C@H]2[C@H](OC(=O)c2ccc(C=CCc3ccccc3O)cc2)C1. The van der Waals surface area contributed by atoms with E-state index in [4.69, 9.17) is 19.3 Å². The minimum atomic E-state index is -0.873. The number of aromatic hydroxyl groups is 1. The summed E-state index contributed by atoms with van der Waals surface area (Å²) in [6, 6.07) is 22.4. The number of benzene rings is 3. The molecule has 216 valence electrons. The van der Waals surface area contributed by atoms with E-state index in [0.29, 0.717) is 30.4 Å². The third kappa shape index (κ3) is 5.87. The maximum absolute atomic E-state index is 13.3. The van der Waals surface area contributed by atoms with Gasteiger partial charge in [-0.2, -0.15) is 0 Å². The van der Waals surface area contributed by atoms with Gasteiger partial charge in [-0.15, -0.1) is 0 Å². The number of phenols is 1. The number of phenolic OH excluding ortho intramolecular Hbond substituents is 1. The van der Waals surface area contributed by atoms with Gasteiger partial charge >= 0.3 is 5.97 Å². The van der Waals surface area contributed by atoms with E-state index < -0.39 is 30.1 Å². The fraction of sp³-hybridized carbons (Fsp3) is 0.294. The standard InChI is InChI=1S/C34H33NO7/c36-17-16-35-32(38)27-18-29(31-30(19-27)41-34(42-31)20-25-8-1-2-9-26(25)21-34)40-33(39)24-14-12-22(13-15-24)6-5-10-23-7-3-4-11-28(23)37/h1-9,11-15,19,29-31,36-37H,10,16-18,20-21H2,(H,35,38)/t29-,30-,31+/m1/s1. The Hall–Kier alpha value is -4.24. The second-order valence-corrected chi connectivity index (χ2v) is 10.9. The molecule has 0 radical (unpaired) electrons. The lowest BCUT2D eigenvalue weighted by molar-refractivity contribution is -0.172. The number of ether oxygens (including phenoxy) is 3. The second kappa shape index (κ2) is 11.9. The van der Waals surface area contributed by atoms with E-state index in [9.17, 15) is 14.7 Å². The van der Waals surface area contributed by atoms with Crippen LogP contribution in [-0.4, -0.2) is 59.3 Å². The summed E-state index contributed by atoms with van der Waals surface area (Å²) in [5, 5.41) is 21.8. The smallest absolute Gasteiger partial charge is 0.338 e. The van der Waals surface area contributed by atoms with Crippen molar-refractivity contribution in [3.8, 4) is 5.75 Å². The number of para-hydroxylation sites is 1. The zero-order valence-corrected chi connectivity index (χ0v) is 23.1. The number of carbonyl (C=O) groups is 2. The van der Waals surface area contributed by atoms with Gasteiger partial charge in [0.2, 0.25) is 5.91 Å². The van der Waals surface area contributed by atoms with Crippen LogP contribution in [0.4, 0.5) is 0 Å². The quantitative estimate of drug-likeness (QED) is 0.354. The van der Waals surface area contributed by atoms with E-state index in [1.54, 1.807) is 30.3 Å². The van der Waals surface area contributed by atoms with E-state index in [0.717, 1.165) is 22.3 Å². The largest absolute Gasteiger partial charge is 0.508 e. The highest BCUT2D eigenvalue weighted by atomic mass is 16.8. The molecule has 1 fully saturated rings. The van der Waals surface area contributed by atoms with Crippen LogP contribution < -0.4 is 5.32 Å². The van der Waals surface area contributed by atoms with Gasteiger partial charge in [-0.3, -0.25) is 4.79 Å². The monoisotopic (exact) mass is 567 g/mol. The van der Waals surface area contributed by atoms with Gasteiger partial charge < -0.3 is 29.7 Å². The van der Waals surface area contributed by atoms with Crippen molar-refractivity contribution in [3.05, 3.63) is 118 Å². The Balaban J connectivity index is 1.15. The van der Waals surface area contributed by atoms with Crippen LogP contribution in [-0.2, 0) is 38.3 Å². The van der Waals surface area contributed by atoms with Crippen LogP contribution >= 0.6 is 0 Å². The molecule has 1 spiro atoms. The Labute approximate surface area is 244 Å². The molecule has 1 heterocycles. The van der Waals surface area contributed by atoms with Gasteiger partial charge in [0.05, 0.1) is 12.2 Å². The number of nitrogens with one attached hydrogen (secondary N) is 1. The Kier molecular flexibility index (Phi) is 7.93. The molecule has 2 aliphatic carbocycles. The first kappa shape index (κ1) is 27.9. The van der Waals surface area contributed by atoms with Gasteiger partial charge in [0.1, 0.15) is 24.1 Å². The molecule has 3 N–H and O–H groups in total. The Bertz CT molecular complexity index is 1500. The van der Waals surface area contributed by atoms with Crippen molar-refractivity contribution in [1.29, 1.82) is 0 Å². The molecule has 1 saturated heterocycles. The average molecular weight is 568 g/mol. The second-order valence-electron chi connectivity index (χ2n) is 10.9. The molecular weight excluding hydrogens is 534 g/mol. The maximum atomic E-state index is 13.3. The number of esters is 1. The molecule has 8 nitrogen and oxygen atoms in total. The maximum Gasteiger partial charge on any atom is 0.338 e. The summed E-state index contributed by atoms with van der Waals surface area (Å²) in [5.41, 5.74) is 4.87. The summed E-state index contributed by atoms with van der Waals surface area (Å²) in [5.74, 6) is -1.46. The molecule has 0 aromatic heterocycles. The number of aliphatic hydroxyl groups is 1. The molecule has 3 aliphatic rings. The fourth-order valence-corrected chi connectivity index (χ4v) is 5.89. The number of rotatable bonds is 8. The van der Waals surface area contributed by atoms with Crippen molar-refractivity contribution in [2.24, 2.45) is 0 Å². The molecule has 3 aromatic rings. The van der Waals surface area contributed by atoms with Crippen LogP contribution in [0.15, 0.2) is 90.5 Å². The van der Waals surface area contributed by atoms with Crippen LogP contribution in [0.5, 0.6) is 5.75 Å². The van der Waals surface area contributed by atoms with E-state index in [1.165, 1.54) is 0 Å². The predicted molar refractivity (Wildman–Crippen MR) is 156 cm³/mol. The van der Waals surface area contributed by atoms with Crippen molar-refractivity contribution in [3.63, 3.8) is 0 Å². The lowest BCUT2D eigenvalue weighted by atomic mass is 9.91. The summed E-state index contributed by atoms with van der Waals surface area (Å²) < 4.78 is 19.0. The van der Waals surface area contributed by atoms with Gasteiger partial charge in [-0.25, -0.2) is 4.79 Å². The number of amides is 1. The Morgan fingerprint density at radius 3 is 2.40 bits per heavy atom. The number of aliphatic hydroxyl groups excluding tert-OH is 1. The number of hydrogen-bond acceptors (Lipinski definition) is 7. The van der Waals surface area contributed by atoms with Gasteiger partial charge in [-0.05, 0) is 52.9 Å². The normalized spacial score (nSPS) is 22.0. The minimum absolute atomic E-state index is 0.124. The van der Waals surface area contributed by atoms with E-state index >= 15 is 0 Å². The van der Waals surface area contributed by atoms with Gasteiger partial charge in [0.25, 0.3) is 0 Å². The van der Waals surface area contributed by atoms with Crippen molar-refractivity contribution in [1.82, 2.24) is 5.32 Å². The summed E-state index contributed by atoms with van der Waals surface area (Å²) in [6.45, 7) is -0.0526. The molecule has 0 bridgehead atoms. The summed E-state index contributed by atoms with van der Waals surface area (Å²) in [7, 11) is 0. The molecule has 1 amide bonds. The molecule has 3 atom stereocenters. The number of hydrogen-bond donors (Lipinski definition) is 3.